The zero-order valence-corrected chi connectivity index (χ0v) is 17.5. The number of aromatic nitrogens is 1. The zero-order valence-electron chi connectivity index (χ0n) is 16.7. The number of nitrogens with zero attached hydrogens (tertiary/aromatic N) is 3. The van der Waals surface area contributed by atoms with Gasteiger partial charge < -0.3 is 23.8 Å². The summed E-state index contributed by atoms with van der Waals surface area (Å²) in [5, 5.41) is 4.03. The Morgan fingerprint density at radius 3 is 2.34 bits per heavy atom. The number of halogens is 1. The molecule has 0 N–H and O–H groups in total. The normalized spacial score (nSPS) is 14.1. The number of carbonyl (C=O) groups excluding carboxylic acids is 2. The first-order valence-electron chi connectivity index (χ1n) is 9.34. The third-order valence-corrected chi connectivity index (χ3v) is 5.37. The summed E-state index contributed by atoms with van der Waals surface area (Å²) < 4.78 is 15.4. The number of ether oxygens (including phenoxy) is 2. The quantitative estimate of drug-likeness (QED) is 0.712. The molecule has 1 saturated heterocycles. The van der Waals surface area contributed by atoms with Crippen LogP contribution >= 0.6 is 11.6 Å². The van der Waals surface area contributed by atoms with Crippen molar-refractivity contribution >= 4 is 23.4 Å². The van der Waals surface area contributed by atoms with Crippen LogP contribution in [0.25, 0.3) is 0 Å². The lowest BCUT2D eigenvalue weighted by molar-refractivity contribution is -0.132. The molecule has 0 aliphatic carbocycles. The van der Waals surface area contributed by atoms with Crippen LogP contribution in [-0.2, 0) is 11.2 Å². The number of carbonyl (C=O) groups is 2. The fraction of sp³-hybridized carbons (Fsp3) is 0.450. The monoisotopic (exact) mass is 421 g/mol. The van der Waals surface area contributed by atoms with Crippen LogP contribution in [0.5, 0.6) is 11.5 Å². The van der Waals surface area contributed by atoms with E-state index >= 15 is 0 Å². The maximum atomic E-state index is 12.8. The summed E-state index contributed by atoms with van der Waals surface area (Å²) in [6.45, 7) is 3.74. The lowest BCUT2D eigenvalue weighted by Gasteiger charge is -2.35. The van der Waals surface area contributed by atoms with Gasteiger partial charge in [0.25, 0.3) is 5.91 Å². The number of aryl methyl sites for hydroxylation is 1. The minimum absolute atomic E-state index is 0.0277. The largest absolute Gasteiger partial charge is 0.493 e. The SMILES string of the molecule is COc1ccc(C(=O)N2CCN(C(=O)CCc3c(C)noc3Cl)CC2)cc1OC. The third-order valence-electron chi connectivity index (χ3n) is 5.08. The van der Waals surface area contributed by atoms with Crippen molar-refractivity contribution < 1.29 is 23.6 Å². The Bertz CT molecular complexity index is 871. The molecule has 0 saturated carbocycles. The summed E-state index contributed by atoms with van der Waals surface area (Å²) in [6, 6.07) is 5.10. The minimum atomic E-state index is -0.0927. The van der Waals surface area contributed by atoms with Gasteiger partial charge in [0.15, 0.2) is 11.5 Å². The molecule has 9 heteroatoms. The molecule has 8 nitrogen and oxygen atoms in total. The van der Waals surface area contributed by atoms with Crippen molar-refractivity contribution in [1.82, 2.24) is 15.0 Å². The van der Waals surface area contributed by atoms with Crippen molar-refractivity contribution in [3.8, 4) is 11.5 Å². The summed E-state index contributed by atoms with van der Waals surface area (Å²) in [5.41, 5.74) is 2.00. The van der Waals surface area contributed by atoms with Gasteiger partial charge in [0.1, 0.15) is 0 Å². The second kappa shape index (κ2) is 9.17. The molecule has 3 rings (SSSR count). The highest BCUT2D eigenvalue weighted by atomic mass is 35.5. The molecule has 156 valence electrons. The van der Waals surface area contributed by atoms with Gasteiger partial charge in [-0.2, -0.15) is 0 Å². The van der Waals surface area contributed by atoms with Crippen LogP contribution in [-0.4, -0.2) is 67.2 Å². The van der Waals surface area contributed by atoms with E-state index in [1.54, 1.807) is 42.0 Å². The minimum Gasteiger partial charge on any atom is -0.493 e. The third kappa shape index (κ3) is 4.64. The van der Waals surface area contributed by atoms with E-state index in [1.165, 1.54) is 7.11 Å². The molecule has 0 radical (unpaired) electrons. The van der Waals surface area contributed by atoms with E-state index in [2.05, 4.69) is 5.16 Å². The van der Waals surface area contributed by atoms with Gasteiger partial charge in [-0.25, -0.2) is 0 Å². The van der Waals surface area contributed by atoms with Gasteiger partial charge in [0.05, 0.1) is 19.9 Å². The Hall–Kier alpha value is -2.74. The van der Waals surface area contributed by atoms with Gasteiger partial charge in [-0.15, -0.1) is 0 Å². The smallest absolute Gasteiger partial charge is 0.254 e. The van der Waals surface area contributed by atoms with E-state index in [4.69, 9.17) is 25.6 Å². The Morgan fingerprint density at radius 1 is 1.10 bits per heavy atom. The lowest BCUT2D eigenvalue weighted by Crippen LogP contribution is -2.50. The maximum absolute atomic E-state index is 12.8. The highest BCUT2D eigenvalue weighted by Gasteiger charge is 2.26. The Labute approximate surface area is 174 Å². The van der Waals surface area contributed by atoms with E-state index in [9.17, 15) is 9.59 Å². The van der Waals surface area contributed by atoms with E-state index in [-0.39, 0.29) is 17.0 Å². The van der Waals surface area contributed by atoms with Crippen LogP contribution in [0, 0.1) is 6.92 Å². The predicted molar refractivity (Wildman–Crippen MR) is 107 cm³/mol. The summed E-state index contributed by atoms with van der Waals surface area (Å²) >= 11 is 5.95. The summed E-state index contributed by atoms with van der Waals surface area (Å²) in [7, 11) is 3.08. The van der Waals surface area contributed by atoms with Gasteiger partial charge in [-0.3, -0.25) is 9.59 Å². The van der Waals surface area contributed by atoms with Crippen molar-refractivity contribution in [2.24, 2.45) is 0 Å². The molecule has 1 aromatic heterocycles. The number of hydrogen-bond donors (Lipinski definition) is 0. The van der Waals surface area contributed by atoms with Crippen LogP contribution in [0.15, 0.2) is 22.7 Å². The van der Waals surface area contributed by atoms with E-state index in [0.29, 0.717) is 61.8 Å². The molecule has 1 aliphatic heterocycles. The summed E-state index contributed by atoms with van der Waals surface area (Å²) in [4.78, 5) is 28.8. The van der Waals surface area contributed by atoms with Crippen molar-refractivity contribution in [3.63, 3.8) is 0 Å². The van der Waals surface area contributed by atoms with Crippen molar-refractivity contribution in [3.05, 3.63) is 40.2 Å². The standard InChI is InChI=1S/C20H24ClN3O5/c1-13-15(19(21)29-22-13)5-7-18(25)23-8-10-24(11-9-23)20(26)14-4-6-16(27-2)17(12-14)28-3/h4,6,12H,5,7-11H2,1-3H3. The number of piperazine rings is 1. The molecular weight excluding hydrogens is 398 g/mol. The summed E-state index contributed by atoms with van der Waals surface area (Å²) in [6.07, 6.45) is 0.809. The van der Waals surface area contributed by atoms with Crippen LogP contribution in [0.2, 0.25) is 5.22 Å². The second-order valence-electron chi connectivity index (χ2n) is 6.76. The van der Waals surface area contributed by atoms with Crippen molar-refractivity contribution in [1.29, 1.82) is 0 Å². The number of amides is 2. The van der Waals surface area contributed by atoms with E-state index < -0.39 is 0 Å². The first-order valence-corrected chi connectivity index (χ1v) is 9.72. The molecule has 1 fully saturated rings. The lowest BCUT2D eigenvalue weighted by atomic mass is 10.1. The average Bonchev–Trinajstić information content (AvgIpc) is 3.08. The highest BCUT2D eigenvalue weighted by Crippen LogP contribution is 2.28. The first-order chi connectivity index (χ1) is 13.9. The average molecular weight is 422 g/mol. The number of benzene rings is 1. The van der Waals surface area contributed by atoms with Gasteiger partial charge in [0.2, 0.25) is 11.1 Å². The highest BCUT2D eigenvalue weighted by molar-refractivity contribution is 6.29. The van der Waals surface area contributed by atoms with Crippen molar-refractivity contribution in [2.45, 2.75) is 19.8 Å². The van der Waals surface area contributed by atoms with Gasteiger partial charge >= 0.3 is 0 Å². The number of rotatable bonds is 6. The molecule has 0 atom stereocenters. The van der Waals surface area contributed by atoms with E-state index in [0.717, 1.165) is 5.56 Å². The van der Waals surface area contributed by atoms with Crippen LogP contribution in [0.1, 0.15) is 28.0 Å². The number of hydrogen-bond acceptors (Lipinski definition) is 6. The molecule has 2 heterocycles. The Balaban J connectivity index is 1.54. The molecule has 0 bridgehead atoms. The molecule has 0 unspecified atom stereocenters. The van der Waals surface area contributed by atoms with Gasteiger partial charge in [-0.1, -0.05) is 5.16 Å². The number of methoxy groups -OCH3 is 2. The van der Waals surface area contributed by atoms with Crippen LogP contribution in [0.4, 0.5) is 0 Å². The molecule has 1 aliphatic rings. The maximum Gasteiger partial charge on any atom is 0.254 e. The molecular formula is C20H24ClN3O5. The Morgan fingerprint density at radius 2 is 1.76 bits per heavy atom. The second-order valence-corrected chi connectivity index (χ2v) is 7.11. The Kier molecular flexibility index (Phi) is 6.64. The molecule has 29 heavy (non-hydrogen) atoms. The van der Waals surface area contributed by atoms with Crippen LogP contribution < -0.4 is 9.47 Å². The summed E-state index contributed by atoms with van der Waals surface area (Å²) in [5.74, 6) is 1.02. The zero-order chi connectivity index (χ0) is 21.0. The molecule has 2 aromatic rings. The molecule has 1 aromatic carbocycles. The molecule has 0 spiro atoms. The fourth-order valence-corrected chi connectivity index (χ4v) is 3.61. The van der Waals surface area contributed by atoms with Crippen LogP contribution in [0.3, 0.4) is 0 Å². The van der Waals surface area contributed by atoms with E-state index in [1.807, 2.05) is 0 Å². The predicted octanol–water partition coefficient (Wildman–Crippen LogP) is 2.57. The van der Waals surface area contributed by atoms with Gasteiger partial charge in [0, 0.05) is 43.7 Å². The fourth-order valence-electron chi connectivity index (χ4n) is 3.34. The first kappa shape index (κ1) is 21.0. The van der Waals surface area contributed by atoms with Crippen molar-refractivity contribution in [2.75, 3.05) is 40.4 Å². The topological polar surface area (TPSA) is 85.1 Å². The molecule has 2 amide bonds. The van der Waals surface area contributed by atoms with Gasteiger partial charge in [-0.05, 0) is 43.1 Å².